The van der Waals surface area contributed by atoms with Crippen LogP contribution >= 0.6 is 0 Å². The highest BCUT2D eigenvalue weighted by atomic mass is 32.2. The standard InChI is InChI=1S/C22H24N4O5S/c1-31-20-6-4-3-5-19(20)25-9-11-26(12-10-25)21-14-17(22(27)28)16-13-15(24-32(2,29)30)7-8-18(16)23-21/h3-8,13-14,24H,9-12H2,1-2H3,(H,27,28). The molecule has 4 rings (SSSR count). The number of carboxylic acid groups (broad SMARTS) is 1. The lowest BCUT2D eigenvalue weighted by Crippen LogP contribution is -2.47. The number of carboxylic acids is 1. The summed E-state index contributed by atoms with van der Waals surface area (Å²) in [4.78, 5) is 20.9. The number of rotatable bonds is 6. The molecule has 1 aliphatic heterocycles. The van der Waals surface area contributed by atoms with E-state index in [1.54, 1.807) is 25.3 Å². The van der Waals surface area contributed by atoms with Crippen molar-refractivity contribution in [2.45, 2.75) is 0 Å². The number of para-hydroxylation sites is 2. The molecule has 2 aromatic carbocycles. The Kier molecular flexibility index (Phi) is 5.79. The zero-order valence-electron chi connectivity index (χ0n) is 17.8. The molecule has 3 aromatic rings. The highest BCUT2D eigenvalue weighted by Crippen LogP contribution is 2.30. The first-order valence-corrected chi connectivity index (χ1v) is 11.9. The van der Waals surface area contributed by atoms with Gasteiger partial charge in [0, 0.05) is 37.3 Å². The third kappa shape index (κ3) is 4.54. The van der Waals surface area contributed by atoms with E-state index in [9.17, 15) is 18.3 Å². The van der Waals surface area contributed by atoms with Crippen LogP contribution in [0.25, 0.3) is 10.9 Å². The summed E-state index contributed by atoms with van der Waals surface area (Å²) in [7, 11) is -1.83. The number of nitrogens with one attached hydrogen (secondary N) is 1. The van der Waals surface area contributed by atoms with E-state index >= 15 is 0 Å². The number of hydrogen-bond acceptors (Lipinski definition) is 7. The van der Waals surface area contributed by atoms with Crippen LogP contribution in [-0.4, -0.2) is 64.0 Å². The fraction of sp³-hybridized carbons (Fsp3) is 0.273. The monoisotopic (exact) mass is 456 g/mol. The molecule has 0 aliphatic carbocycles. The molecule has 0 saturated carbocycles. The number of nitrogens with zero attached hydrogens (tertiary/aromatic N) is 3. The van der Waals surface area contributed by atoms with E-state index in [0.29, 0.717) is 35.5 Å². The van der Waals surface area contributed by atoms with Gasteiger partial charge in [0.05, 0.1) is 30.1 Å². The number of anilines is 3. The van der Waals surface area contributed by atoms with Gasteiger partial charge in [-0.3, -0.25) is 4.72 Å². The van der Waals surface area contributed by atoms with Crippen molar-refractivity contribution in [2.75, 3.05) is 54.1 Å². The maximum absolute atomic E-state index is 11.9. The molecule has 32 heavy (non-hydrogen) atoms. The molecule has 0 atom stereocenters. The molecule has 1 aliphatic rings. The minimum Gasteiger partial charge on any atom is -0.495 e. The van der Waals surface area contributed by atoms with Crippen molar-refractivity contribution in [1.29, 1.82) is 0 Å². The van der Waals surface area contributed by atoms with Gasteiger partial charge in [-0.25, -0.2) is 18.2 Å². The number of methoxy groups -OCH3 is 1. The smallest absolute Gasteiger partial charge is 0.336 e. The fourth-order valence-corrected chi connectivity index (χ4v) is 4.45. The molecular formula is C22H24N4O5S. The topological polar surface area (TPSA) is 112 Å². The van der Waals surface area contributed by atoms with Gasteiger partial charge >= 0.3 is 5.97 Å². The molecule has 9 nitrogen and oxygen atoms in total. The van der Waals surface area contributed by atoms with Gasteiger partial charge in [0.15, 0.2) is 0 Å². The van der Waals surface area contributed by atoms with Gasteiger partial charge in [-0.1, -0.05) is 12.1 Å². The Balaban J connectivity index is 1.61. The molecular weight excluding hydrogens is 432 g/mol. The number of aromatic carboxylic acids is 1. The summed E-state index contributed by atoms with van der Waals surface area (Å²) in [5.74, 6) is 0.303. The summed E-state index contributed by atoms with van der Waals surface area (Å²) in [6, 6.07) is 14.1. The average Bonchev–Trinajstić information content (AvgIpc) is 2.77. The second-order valence-electron chi connectivity index (χ2n) is 7.59. The van der Waals surface area contributed by atoms with Crippen LogP contribution in [0.2, 0.25) is 0 Å². The number of ether oxygens (including phenoxy) is 1. The molecule has 1 fully saturated rings. The molecule has 0 spiro atoms. The van der Waals surface area contributed by atoms with Crippen LogP contribution in [-0.2, 0) is 10.0 Å². The second kappa shape index (κ2) is 8.54. The van der Waals surface area contributed by atoms with E-state index in [0.717, 1.165) is 30.8 Å². The number of hydrogen-bond donors (Lipinski definition) is 2. The predicted molar refractivity (Wildman–Crippen MR) is 125 cm³/mol. The number of benzene rings is 2. The second-order valence-corrected chi connectivity index (χ2v) is 9.33. The Morgan fingerprint density at radius 1 is 1.06 bits per heavy atom. The van der Waals surface area contributed by atoms with Crippen LogP contribution in [0, 0.1) is 0 Å². The largest absolute Gasteiger partial charge is 0.495 e. The first-order chi connectivity index (χ1) is 15.2. The molecule has 0 amide bonds. The molecule has 1 saturated heterocycles. The van der Waals surface area contributed by atoms with Crippen molar-refractivity contribution in [3.8, 4) is 5.75 Å². The lowest BCUT2D eigenvalue weighted by molar-refractivity contribution is 0.0699. The summed E-state index contributed by atoms with van der Waals surface area (Å²) < 4.78 is 30.9. The maximum atomic E-state index is 11.9. The Morgan fingerprint density at radius 3 is 2.41 bits per heavy atom. The van der Waals surface area contributed by atoms with Gasteiger partial charge in [-0.15, -0.1) is 0 Å². The predicted octanol–water partition coefficient (Wildman–Crippen LogP) is 2.64. The highest BCUT2D eigenvalue weighted by molar-refractivity contribution is 7.92. The molecule has 10 heteroatoms. The van der Waals surface area contributed by atoms with E-state index in [4.69, 9.17) is 4.74 Å². The maximum Gasteiger partial charge on any atom is 0.336 e. The van der Waals surface area contributed by atoms with Crippen molar-refractivity contribution in [3.05, 3.63) is 54.1 Å². The Labute approximate surface area is 186 Å². The summed E-state index contributed by atoms with van der Waals surface area (Å²) in [6.07, 6.45) is 1.04. The summed E-state index contributed by atoms with van der Waals surface area (Å²) >= 11 is 0. The average molecular weight is 457 g/mol. The minimum atomic E-state index is -3.48. The molecule has 0 unspecified atom stereocenters. The minimum absolute atomic E-state index is 0.0781. The molecule has 1 aromatic heterocycles. The van der Waals surface area contributed by atoms with Crippen LogP contribution in [0.4, 0.5) is 17.2 Å². The molecule has 168 valence electrons. The van der Waals surface area contributed by atoms with Gasteiger partial charge in [-0.2, -0.15) is 0 Å². The highest BCUT2D eigenvalue weighted by Gasteiger charge is 2.22. The van der Waals surface area contributed by atoms with E-state index < -0.39 is 16.0 Å². The summed E-state index contributed by atoms with van der Waals surface area (Å²) in [5.41, 5.74) is 1.89. The van der Waals surface area contributed by atoms with Crippen LogP contribution in [0.3, 0.4) is 0 Å². The van der Waals surface area contributed by atoms with E-state index in [1.807, 2.05) is 24.3 Å². The number of aromatic nitrogens is 1. The third-order valence-corrected chi connectivity index (χ3v) is 5.96. The van der Waals surface area contributed by atoms with Crippen LogP contribution in [0.1, 0.15) is 10.4 Å². The lowest BCUT2D eigenvalue weighted by Gasteiger charge is -2.37. The van der Waals surface area contributed by atoms with Crippen molar-refractivity contribution in [2.24, 2.45) is 0 Å². The number of pyridine rings is 1. The zero-order valence-corrected chi connectivity index (χ0v) is 18.6. The normalized spacial score (nSPS) is 14.4. The third-order valence-electron chi connectivity index (χ3n) is 5.36. The Morgan fingerprint density at radius 2 is 1.75 bits per heavy atom. The van der Waals surface area contributed by atoms with Crippen LogP contribution in [0.15, 0.2) is 48.5 Å². The van der Waals surface area contributed by atoms with E-state index in [1.165, 1.54) is 6.07 Å². The fourth-order valence-electron chi connectivity index (χ4n) is 3.90. The van der Waals surface area contributed by atoms with Crippen molar-refractivity contribution in [3.63, 3.8) is 0 Å². The van der Waals surface area contributed by atoms with Gasteiger partial charge in [0.25, 0.3) is 0 Å². The number of carbonyl (C=O) groups is 1. The van der Waals surface area contributed by atoms with E-state index in [2.05, 4.69) is 19.5 Å². The number of fused-ring (bicyclic) bond motifs is 1. The van der Waals surface area contributed by atoms with Gasteiger partial charge in [0.1, 0.15) is 11.6 Å². The number of sulfonamides is 1. The quantitative estimate of drug-likeness (QED) is 0.582. The summed E-state index contributed by atoms with van der Waals surface area (Å²) in [6.45, 7) is 2.81. The van der Waals surface area contributed by atoms with Crippen LogP contribution in [0.5, 0.6) is 5.75 Å². The van der Waals surface area contributed by atoms with Crippen molar-refractivity contribution >= 4 is 44.1 Å². The SMILES string of the molecule is COc1ccccc1N1CCN(c2cc(C(=O)O)c3cc(NS(C)(=O)=O)ccc3n2)CC1. The molecule has 0 radical (unpaired) electrons. The van der Waals surface area contributed by atoms with Gasteiger partial charge < -0.3 is 19.6 Å². The van der Waals surface area contributed by atoms with Gasteiger partial charge in [-0.05, 0) is 36.4 Å². The first-order valence-electron chi connectivity index (χ1n) is 10.0. The van der Waals surface area contributed by atoms with Gasteiger partial charge in [0.2, 0.25) is 10.0 Å². The first kappa shape index (κ1) is 21.7. The summed E-state index contributed by atoms with van der Waals surface area (Å²) in [5, 5.41) is 10.1. The molecule has 0 bridgehead atoms. The molecule has 2 heterocycles. The van der Waals surface area contributed by atoms with Crippen molar-refractivity contribution in [1.82, 2.24) is 4.98 Å². The van der Waals surface area contributed by atoms with E-state index in [-0.39, 0.29) is 5.56 Å². The molecule has 2 N–H and O–H groups in total. The van der Waals surface area contributed by atoms with Crippen molar-refractivity contribution < 1.29 is 23.1 Å². The Hall–Kier alpha value is -3.53. The lowest BCUT2D eigenvalue weighted by atomic mass is 10.1. The Bertz CT molecular complexity index is 1270. The zero-order chi connectivity index (χ0) is 22.9. The number of piperazine rings is 1. The van der Waals surface area contributed by atoms with Crippen LogP contribution < -0.4 is 19.3 Å².